The molecule has 2 atom stereocenters. The maximum Gasteiger partial charge on any atom is 0.307 e. The number of carbonyl (C=O) groups is 1. The fourth-order valence-electron chi connectivity index (χ4n) is 2.33. The van der Waals surface area contributed by atoms with Crippen LogP contribution in [0.1, 0.15) is 32.1 Å². The number of rotatable bonds is 4. The Labute approximate surface area is 91.3 Å². The van der Waals surface area contributed by atoms with E-state index in [1.165, 1.54) is 7.11 Å². The van der Waals surface area contributed by atoms with Crippen molar-refractivity contribution in [3.63, 3.8) is 0 Å². The van der Waals surface area contributed by atoms with Crippen LogP contribution in [-0.2, 0) is 14.3 Å². The summed E-state index contributed by atoms with van der Waals surface area (Å²) in [5, 5.41) is 3.27. The molecule has 0 saturated heterocycles. The number of ether oxygens (including phenoxy) is 2. The first-order valence-electron chi connectivity index (χ1n) is 5.44. The van der Waals surface area contributed by atoms with E-state index < -0.39 is 0 Å². The highest BCUT2D eigenvalue weighted by Gasteiger charge is 2.37. The first-order valence-corrected chi connectivity index (χ1v) is 5.44. The molecule has 1 saturated carbocycles. The molecule has 0 heterocycles. The number of esters is 1. The lowest BCUT2D eigenvalue weighted by Crippen LogP contribution is -2.50. The Morgan fingerprint density at radius 3 is 2.80 bits per heavy atom. The van der Waals surface area contributed by atoms with Gasteiger partial charge >= 0.3 is 5.97 Å². The molecule has 0 aromatic rings. The van der Waals surface area contributed by atoms with E-state index in [1.54, 1.807) is 7.11 Å². The summed E-state index contributed by atoms with van der Waals surface area (Å²) in [6.07, 6.45) is 4.76. The van der Waals surface area contributed by atoms with E-state index in [0.29, 0.717) is 6.42 Å². The van der Waals surface area contributed by atoms with Gasteiger partial charge in [-0.15, -0.1) is 0 Å². The van der Waals surface area contributed by atoms with Crippen molar-refractivity contribution >= 4 is 5.97 Å². The van der Waals surface area contributed by atoms with Gasteiger partial charge in [-0.3, -0.25) is 4.79 Å². The molecule has 0 aliphatic heterocycles. The Morgan fingerprint density at radius 2 is 2.27 bits per heavy atom. The van der Waals surface area contributed by atoms with E-state index in [4.69, 9.17) is 9.47 Å². The molecule has 1 N–H and O–H groups in total. The Hall–Kier alpha value is -0.610. The number of hydrogen-bond acceptors (Lipinski definition) is 4. The summed E-state index contributed by atoms with van der Waals surface area (Å²) in [4.78, 5) is 11.3. The third kappa shape index (κ3) is 3.18. The summed E-state index contributed by atoms with van der Waals surface area (Å²) in [5.74, 6) is -0.152. The van der Waals surface area contributed by atoms with Crippen molar-refractivity contribution in [1.82, 2.24) is 5.32 Å². The van der Waals surface area contributed by atoms with Crippen molar-refractivity contribution in [2.24, 2.45) is 0 Å². The monoisotopic (exact) mass is 215 g/mol. The molecule has 0 aromatic carbocycles. The lowest BCUT2D eigenvalue weighted by atomic mass is 9.78. The summed E-state index contributed by atoms with van der Waals surface area (Å²) in [7, 11) is 5.07. The van der Waals surface area contributed by atoms with Crippen molar-refractivity contribution in [1.29, 1.82) is 0 Å². The predicted molar refractivity (Wildman–Crippen MR) is 57.7 cm³/mol. The molecular formula is C11H21NO3. The lowest BCUT2D eigenvalue weighted by molar-refractivity contribution is -0.143. The van der Waals surface area contributed by atoms with E-state index >= 15 is 0 Å². The van der Waals surface area contributed by atoms with Gasteiger partial charge in [0.05, 0.1) is 19.6 Å². The molecule has 4 nitrogen and oxygen atoms in total. The molecule has 1 fully saturated rings. The Kier molecular flexibility index (Phi) is 4.54. The lowest BCUT2D eigenvalue weighted by Gasteiger charge is -2.39. The molecule has 1 aliphatic carbocycles. The minimum absolute atomic E-state index is 0.133. The average molecular weight is 215 g/mol. The molecule has 0 spiro atoms. The van der Waals surface area contributed by atoms with Crippen molar-refractivity contribution in [3.05, 3.63) is 0 Å². The zero-order valence-corrected chi connectivity index (χ0v) is 9.84. The summed E-state index contributed by atoms with van der Waals surface area (Å²) >= 11 is 0. The number of nitrogens with one attached hydrogen (secondary N) is 1. The minimum atomic E-state index is -0.152. The number of hydrogen-bond donors (Lipinski definition) is 1. The second-order valence-corrected chi connectivity index (χ2v) is 4.24. The van der Waals surface area contributed by atoms with Gasteiger partial charge in [-0.1, -0.05) is 0 Å². The topological polar surface area (TPSA) is 47.6 Å². The van der Waals surface area contributed by atoms with Crippen LogP contribution in [0.15, 0.2) is 0 Å². The van der Waals surface area contributed by atoms with Gasteiger partial charge < -0.3 is 14.8 Å². The molecule has 1 aliphatic rings. The van der Waals surface area contributed by atoms with Crippen LogP contribution in [0, 0.1) is 0 Å². The standard InChI is InChI=1S/C11H21NO3/c1-12-11(8-10(13)15-3)6-4-5-9(7-11)14-2/h9,12H,4-8H2,1-3H3. The van der Waals surface area contributed by atoms with Crippen LogP contribution in [0.2, 0.25) is 0 Å². The highest BCUT2D eigenvalue weighted by molar-refractivity contribution is 5.70. The fraction of sp³-hybridized carbons (Fsp3) is 0.909. The number of methoxy groups -OCH3 is 2. The molecule has 1 rings (SSSR count). The number of carbonyl (C=O) groups excluding carboxylic acids is 1. The summed E-state index contributed by atoms with van der Waals surface area (Å²) < 4.78 is 10.1. The SMILES string of the molecule is CNC1(CC(=O)OC)CCCC(OC)C1. The summed E-state index contributed by atoms with van der Waals surface area (Å²) in [5.41, 5.74) is -0.133. The van der Waals surface area contributed by atoms with E-state index in [1.807, 2.05) is 7.05 Å². The molecule has 0 bridgehead atoms. The Morgan fingerprint density at radius 1 is 1.53 bits per heavy atom. The van der Waals surface area contributed by atoms with Gasteiger partial charge in [0, 0.05) is 12.6 Å². The van der Waals surface area contributed by atoms with Gasteiger partial charge in [0.2, 0.25) is 0 Å². The molecule has 0 amide bonds. The molecular weight excluding hydrogens is 194 g/mol. The van der Waals surface area contributed by atoms with Gasteiger partial charge in [0.15, 0.2) is 0 Å². The molecule has 4 heteroatoms. The van der Waals surface area contributed by atoms with E-state index in [9.17, 15) is 4.79 Å². The van der Waals surface area contributed by atoms with Gasteiger partial charge in [-0.2, -0.15) is 0 Å². The smallest absolute Gasteiger partial charge is 0.307 e. The van der Waals surface area contributed by atoms with Crippen molar-refractivity contribution < 1.29 is 14.3 Å². The Balaban J connectivity index is 2.61. The van der Waals surface area contributed by atoms with Crippen LogP contribution in [0.5, 0.6) is 0 Å². The van der Waals surface area contributed by atoms with Crippen LogP contribution in [0.3, 0.4) is 0 Å². The average Bonchev–Trinajstić information content (AvgIpc) is 2.29. The van der Waals surface area contributed by atoms with E-state index in [-0.39, 0.29) is 17.6 Å². The van der Waals surface area contributed by atoms with Crippen LogP contribution in [-0.4, -0.2) is 38.9 Å². The second-order valence-electron chi connectivity index (χ2n) is 4.24. The highest BCUT2D eigenvalue weighted by atomic mass is 16.5. The van der Waals surface area contributed by atoms with Gasteiger partial charge in [-0.25, -0.2) is 0 Å². The zero-order chi connectivity index (χ0) is 11.3. The van der Waals surface area contributed by atoms with Crippen LogP contribution < -0.4 is 5.32 Å². The van der Waals surface area contributed by atoms with E-state index in [2.05, 4.69) is 5.32 Å². The van der Waals surface area contributed by atoms with Crippen LogP contribution >= 0.6 is 0 Å². The summed E-state index contributed by atoms with van der Waals surface area (Å²) in [6.45, 7) is 0. The van der Waals surface area contributed by atoms with Gasteiger partial charge in [0.25, 0.3) is 0 Å². The first kappa shape index (κ1) is 12.5. The third-order valence-electron chi connectivity index (χ3n) is 3.37. The third-order valence-corrected chi connectivity index (χ3v) is 3.37. The molecule has 88 valence electrons. The maximum atomic E-state index is 11.3. The van der Waals surface area contributed by atoms with Crippen LogP contribution in [0.25, 0.3) is 0 Å². The first-order chi connectivity index (χ1) is 7.15. The largest absolute Gasteiger partial charge is 0.469 e. The maximum absolute atomic E-state index is 11.3. The van der Waals surface area contributed by atoms with E-state index in [0.717, 1.165) is 25.7 Å². The summed E-state index contributed by atoms with van der Waals surface area (Å²) in [6, 6.07) is 0. The normalized spacial score (nSPS) is 31.3. The quantitative estimate of drug-likeness (QED) is 0.713. The minimum Gasteiger partial charge on any atom is -0.469 e. The van der Waals surface area contributed by atoms with Gasteiger partial charge in [0.1, 0.15) is 0 Å². The molecule has 2 unspecified atom stereocenters. The van der Waals surface area contributed by atoms with Crippen molar-refractivity contribution in [3.8, 4) is 0 Å². The van der Waals surface area contributed by atoms with Crippen molar-refractivity contribution in [2.75, 3.05) is 21.3 Å². The van der Waals surface area contributed by atoms with Crippen molar-refractivity contribution in [2.45, 2.75) is 43.7 Å². The predicted octanol–water partition coefficient (Wildman–Crippen LogP) is 1.10. The van der Waals surface area contributed by atoms with Gasteiger partial charge in [-0.05, 0) is 32.7 Å². The van der Waals surface area contributed by atoms with Crippen LogP contribution in [0.4, 0.5) is 0 Å². The highest BCUT2D eigenvalue weighted by Crippen LogP contribution is 2.32. The fourth-order valence-corrected chi connectivity index (χ4v) is 2.33. The Bertz CT molecular complexity index is 220. The second kappa shape index (κ2) is 5.47. The molecule has 0 radical (unpaired) electrons. The molecule has 0 aromatic heterocycles. The molecule has 15 heavy (non-hydrogen) atoms. The zero-order valence-electron chi connectivity index (χ0n) is 9.84.